The van der Waals surface area contributed by atoms with Crippen molar-refractivity contribution >= 4 is 17.1 Å². The van der Waals surface area contributed by atoms with E-state index in [1.54, 1.807) is 11.3 Å². The fraction of sp³-hybridized carbons (Fsp3) is 0.600. The van der Waals surface area contributed by atoms with Crippen LogP contribution in [0.25, 0.3) is 0 Å². The van der Waals surface area contributed by atoms with E-state index in [2.05, 4.69) is 4.98 Å². The molecular formula is C10H16N2O2S. The predicted octanol–water partition coefficient (Wildman–Crippen LogP) is 0.845. The highest BCUT2D eigenvalue weighted by Crippen LogP contribution is 2.17. The number of rotatable bonds is 5. The van der Waals surface area contributed by atoms with E-state index in [1.807, 2.05) is 13.8 Å². The summed E-state index contributed by atoms with van der Waals surface area (Å²) in [6.45, 7) is 4.20. The molecule has 0 fully saturated rings. The number of hydrogen-bond acceptors (Lipinski definition) is 5. The molecule has 0 amide bonds. The minimum absolute atomic E-state index is 0.0226. The van der Waals surface area contributed by atoms with Crippen molar-refractivity contribution in [3.8, 4) is 0 Å². The molecule has 0 aliphatic carbocycles. The highest BCUT2D eigenvalue weighted by Gasteiger charge is 2.16. The first-order chi connectivity index (χ1) is 7.04. The van der Waals surface area contributed by atoms with Crippen LogP contribution in [0.5, 0.6) is 0 Å². The van der Waals surface area contributed by atoms with Gasteiger partial charge in [0, 0.05) is 12.0 Å². The molecule has 1 heterocycles. The quantitative estimate of drug-likeness (QED) is 0.811. The molecule has 1 aromatic heterocycles. The van der Waals surface area contributed by atoms with Crippen molar-refractivity contribution in [2.24, 2.45) is 5.73 Å². The number of ketones is 1. The number of nitrogens with zero attached hydrogens (tertiary/aromatic N) is 1. The number of hydrogen-bond donors (Lipinski definition) is 1. The third-order valence-electron chi connectivity index (χ3n) is 2.16. The number of carbonyl (C=O) groups is 1. The number of aromatic nitrogens is 1. The second kappa shape index (κ2) is 5.34. The van der Waals surface area contributed by atoms with Crippen molar-refractivity contribution in [1.82, 2.24) is 4.98 Å². The van der Waals surface area contributed by atoms with E-state index in [-0.39, 0.29) is 12.4 Å². The van der Waals surface area contributed by atoms with Gasteiger partial charge in [0.1, 0.15) is 5.01 Å². The van der Waals surface area contributed by atoms with Crippen LogP contribution in [0.4, 0.5) is 0 Å². The van der Waals surface area contributed by atoms with Gasteiger partial charge in [0.2, 0.25) is 0 Å². The van der Waals surface area contributed by atoms with Crippen LogP contribution >= 0.6 is 11.3 Å². The summed E-state index contributed by atoms with van der Waals surface area (Å²) < 4.78 is 4.83. The van der Waals surface area contributed by atoms with Crippen molar-refractivity contribution in [2.45, 2.75) is 26.3 Å². The number of methoxy groups -OCH3 is 1. The maximum Gasteiger partial charge on any atom is 0.158 e. The Bertz CT molecular complexity index is 330. The van der Waals surface area contributed by atoms with Crippen molar-refractivity contribution in [2.75, 3.05) is 13.7 Å². The molecule has 1 atom stereocenters. The standard InChI is InChI=1S/C10H16N2O2S/c1-6-7(2)15-10(12-6)4-9(13)8(11)5-14-3/h8H,4-5,11H2,1-3H3. The average Bonchev–Trinajstić information content (AvgIpc) is 2.46. The highest BCUT2D eigenvalue weighted by molar-refractivity contribution is 7.11. The number of Topliss-reactive ketones (excluding diaryl/α,β-unsaturated/α-hetero) is 1. The van der Waals surface area contributed by atoms with Crippen LogP contribution in [0.2, 0.25) is 0 Å². The van der Waals surface area contributed by atoms with Crippen LogP contribution in [-0.2, 0) is 16.0 Å². The van der Waals surface area contributed by atoms with Crippen molar-refractivity contribution in [3.05, 3.63) is 15.6 Å². The lowest BCUT2D eigenvalue weighted by Gasteiger charge is -2.07. The van der Waals surface area contributed by atoms with Crippen molar-refractivity contribution in [3.63, 3.8) is 0 Å². The maximum absolute atomic E-state index is 11.6. The molecular weight excluding hydrogens is 212 g/mol. The first kappa shape index (κ1) is 12.3. The van der Waals surface area contributed by atoms with Gasteiger partial charge in [-0.25, -0.2) is 4.98 Å². The molecule has 0 aromatic carbocycles. The lowest BCUT2D eigenvalue weighted by molar-refractivity contribution is -0.120. The Morgan fingerprint density at radius 2 is 2.27 bits per heavy atom. The normalized spacial score (nSPS) is 12.8. The zero-order valence-corrected chi connectivity index (χ0v) is 10.1. The topological polar surface area (TPSA) is 65.2 Å². The van der Waals surface area contributed by atoms with Gasteiger partial charge in [-0.15, -0.1) is 11.3 Å². The van der Waals surface area contributed by atoms with E-state index < -0.39 is 6.04 Å². The summed E-state index contributed by atoms with van der Waals surface area (Å²) in [4.78, 5) is 17.0. The zero-order valence-electron chi connectivity index (χ0n) is 9.24. The van der Waals surface area contributed by atoms with Gasteiger partial charge in [-0.1, -0.05) is 0 Å². The monoisotopic (exact) mass is 228 g/mol. The van der Waals surface area contributed by atoms with Crippen LogP contribution in [-0.4, -0.2) is 30.5 Å². The molecule has 0 bridgehead atoms. The molecule has 0 spiro atoms. The zero-order chi connectivity index (χ0) is 11.4. The van der Waals surface area contributed by atoms with E-state index in [4.69, 9.17) is 10.5 Å². The Labute approximate surface area is 93.5 Å². The number of aryl methyl sites for hydroxylation is 2. The molecule has 0 saturated heterocycles. The Morgan fingerprint density at radius 3 is 2.73 bits per heavy atom. The molecule has 15 heavy (non-hydrogen) atoms. The van der Waals surface area contributed by atoms with Gasteiger partial charge in [0.15, 0.2) is 5.78 Å². The maximum atomic E-state index is 11.6. The minimum Gasteiger partial charge on any atom is -0.383 e. The minimum atomic E-state index is -0.542. The average molecular weight is 228 g/mol. The lowest BCUT2D eigenvalue weighted by atomic mass is 10.1. The Kier molecular flexibility index (Phi) is 4.38. The molecule has 4 nitrogen and oxygen atoms in total. The van der Waals surface area contributed by atoms with Crippen LogP contribution in [0.15, 0.2) is 0 Å². The molecule has 0 aliphatic heterocycles. The molecule has 1 rings (SSSR count). The Hall–Kier alpha value is -0.780. The van der Waals surface area contributed by atoms with Gasteiger partial charge < -0.3 is 10.5 Å². The first-order valence-electron chi connectivity index (χ1n) is 4.74. The summed E-state index contributed by atoms with van der Waals surface area (Å²) in [5, 5.41) is 0.835. The predicted molar refractivity (Wildman–Crippen MR) is 60.2 cm³/mol. The SMILES string of the molecule is COCC(N)C(=O)Cc1nc(C)c(C)s1. The van der Waals surface area contributed by atoms with Gasteiger partial charge in [-0.2, -0.15) is 0 Å². The van der Waals surface area contributed by atoms with Crippen LogP contribution in [0.1, 0.15) is 15.6 Å². The van der Waals surface area contributed by atoms with E-state index in [9.17, 15) is 4.79 Å². The summed E-state index contributed by atoms with van der Waals surface area (Å²) in [7, 11) is 1.53. The number of ether oxygens (including phenoxy) is 1. The fourth-order valence-electron chi connectivity index (χ4n) is 1.17. The van der Waals surface area contributed by atoms with Crippen LogP contribution in [0, 0.1) is 13.8 Å². The van der Waals surface area contributed by atoms with Crippen molar-refractivity contribution in [1.29, 1.82) is 0 Å². The molecule has 0 aliphatic rings. The molecule has 1 aromatic rings. The summed E-state index contributed by atoms with van der Waals surface area (Å²) in [5.41, 5.74) is 6.61. The second-order valence-corrected chi connectivity index (χ2v) is 4.74. The summed E-state index contributed by atoms with van der Waals surface area (Å²) in [5.74, 6) is -0.0226. The fourth-order valence-corrected chi connectivity index (χ4v) is 2.11. The molecule has 2 N–H and O–H groups in total. The van der Waals surface area contributed by atoms with Gasteiger partial charge in [0.25, 0.3) is 0 Å². The summed E-state index contributed by atoms with van der Waals surface area (Å²) >= 11 is 1.55. The number of nitrogens with two attached hydrogens (primary N) is 1. The second-order valence-electron chi connectivity index (χ2n) is 3.45. The smallest absolute Gasteiger partial charge is 0.158 e. The number of thiazole rings is 1. The van der Waals surface area contributed by atoms with Crippen LogP contribution in [0.3, 0.4) is 0 Å². The molecule has 84 valence electrons. The molecule has 0 radical (unpaired) electrons. The van der Waals surface area contributed by atoms with E-state index in [1.165, 1.54) is 7.11 Å². The first-order valence-corrected chi connectivity index (χ1v) is 5.56. The van der Waals surface area contributed by atoms with Crippen molar-refractivity contribution < 1.29 is 9.53 Å². The molecule has 0 saturated carbocycles. The Morgan fingerprint density at radius 1 is 1.60 bits per heavy atom. The van der Waals surface area contributed by atoms with Gasteiger partial charge in [0.05, 0.1) is 24.8 Å². The third-order valence-corrected chi connectivity index (χ3v) is 3.23. The third kappa shape index (κ3) is 3.37. The summed E-state index contributed by atoms with van der Waals surface area (Å²) in [6.07, 6.45) is 0.309. The number of carbonyl (C=O) groups excluding carboxylic acids is 1. The Balaban J connectivity index is 2.58. The van der Waals surface area contributed by atoms with E-state index >= 15 is 0 Å². The molecule has 5 heteroatoms. The summed E-state index contributed by atoms with van der Waals surface area (Å²) in [6, 6.07) is -0.542. The van der Waals surface area contributed by atoms with Gasteiger partial charge in [-0.3, -0.25) is 4.79 Å². The highest BCUT2D eigenvalue weighted by atomic mass is 32.1. The van der Waals surface area contributed by atoms with E-state index in [0.717, 1.165) is 15.6 Å². The molecule has 1 unspecified atom stereocenters. The van der Waals surface area contributed by atoms with E-state index in [0.29, 0.717) is 6.42 Å². The largest absolute Gasteiger partial charge is 0.383 e. The van der Waals surface area contributed by atoms with Gasteiger partial charge in [-0.05, 0) is 13.8 Å². The van der Waals surface area contributed by atoms with Gasteiger partial charge >= 0.3 is 0 Å². The van der Waals surface area contributed by atoms with Crippen LogP contribution < -0.4 is 5.73 Å². The lowest BCUT2D eigenvalue weighted by Crippen LogP contribution is -2.35.